The van der Waals surface area contributed by atoms with Crippen LogP contribution < -0.4 is 10.5 Å². The van der Waals surface area contributed by atoms with Gasteiger partial charge in [0.1, 0.15) is 5.75 Å². The molecule has 0 saturated heterocycles. The quantitative estimate of drug-likeness (QED) is 0.830. The lowest BCUT2D eigenvalue weighted by atomic mass is 10.3. The number of anilines is 1. The highest BCUT2D eigenvalue weighted by molar-refractivity contribution is 9.10. The molecule has 0 unspecified atom stereocenters. The summed E-state index contributed by atoms with van der Waals surface area (Å²) in [6.07, 6.45) is 0. The predicted molar refractivity (Wildman–Crippen MR) is 70.1 cm³/mol. The molecule has 0 amide bonds. The summed E-state index contributed by atoms with van der Waals surface area (Å²) in [7, 11) is 0. The maximum absolute atomic E-state index is 5.91. The van der Waals surface area contributed by atoms with Gasteiger partial charge < -0.3 is 10.5 Å². The van der Waals surface area contributed by atoms with E-state index in [1.54, 1.807) is 12.1 Å². The molecule has 0 atom stereocenters. The van der Waals surface area contributed by atoms with Crippen LogP contribution in [0.25, 0.3) is 0 Å². The molecule has 2 nitrogen and oxygen atoms in total. The Morgan fingerprint density at radius 3 is 2.44 bits per heavy atom. The van der Waals surface area contributed by atoms with Gasteiger partial charge in [-0.1, -0.05) is 29.8 Å². The van der Waals surface area contributed by atoms with Gasteiger partial charge in [-0.2, -0.15) is 0 Å². The van der Waals surface area contributed by atoms with Crippen molar-refractivity contribution in [2.75, 3.05) is 5.73 Å². The van der Waals surface area contributed by atoms with Crippen molar-refractivity contribution in [2.45, 2.75) is 0 Å². The second-order valence-electron chi connectivity index (χ2n) is 3.19. The van der Waals surface area contributed by atoms with Crippen LogP contribution in [0.5, 0.6) is 11.5 Å². The van der Waals surface area contributed by atoms with Crippen LogP contribution in [0.1, 0.15) is 0 Å². The summed E-state index contributed by atoms with van der Waals surface area (Å²) in [5, 5.41) is 0.568. The molecule has 2 rings (SSSR count). The summed E-state index contributed by atoms with van der Waals surface area (Å²) < 4.78 is 6.29. The Hall–Kier alpha value is -1.19. The van der Waals surface area contributed by atoms with E-state index >= 15 is 0 Å². The Morgan fingerprint density at radius 2 is 1.75 bits per heavy atom. The van der Waals surface area contributed by atoms with Crippen LogP contribution >= 0.6 is 27.5 Å². The predicted octanol–water partition coefficient (Wildman–Crippen LogP) is 4.48. The Labute approximate surface area is 107 Å². The van der Waals surface area contributed by atoms with Crippen molar-refractivity contribution in [2.24, 2.45) is 0 Å². The zero-order valence-electron chi connectivity index (χ0n) is 8.28. The van der Waals surface area contributed by atoms with Crippen molar-refractivity contribution in [3.8, 4) is 11.5 Å². The number of hydrogen-bond donors (Lipinski definition) is 1. The lowest BCUT2D eigenvalue weighted by Crippen LogP contribution is -1.93. The summed E-state index contributed by atoms with van der Waals surface area (Å²) >= 11 is 9.21. The number of benzene rings is 2. The number of halogens is 2. The average molecular weight is 299 g/mol. The first-order valence-corrected chi connectivity index (χ1v) is 5.82. The molecule has 0 heterocycles. The third-order valence-electron chi connectivity index (χ3n) is 2.06. The minimum Gasteiger partial charge on any atom is -0.455 e. The molecule has 0 bridgehead atoms. The molecule has 0 aliphatic rings. The fourth-order valence-electron chi connectivity index (χ4n) is 1.25. The normalized spacial score (nSPS) is 10.1. The van der Waals surface area contributed by atoms with Gasteiger partial charge in [-0.15, -0.1) is 0 Å². The number of nitrogens with two attached hydrogens (primary N) is 1. The van der Waals surface area contributed by atoms with E-state index in [4.69, 9.17) is 22.1 Å². The first kappa shape index (κ1) is 11.3. The van der Waals surface area contributed by atoms with Crippen molar-refractivity contribution in [1.82, 2.24) is 0 Å². The lowest BCUT2D eigenvalue weighted by Gasteiger charge is -2.10. The van der Waals surface area contributed by atoms with Gasteiger partial charge in [0.25, 0.3) is 0 Å². The largest absolute Gasteiger partial charge is 0.455 e. The summed E-state index contributed by atoms with van der Waals surface area (Å²) in [6, 6.07) is 12.9. The molecule has 0 saturated carbocycles. The molecule has 0 aliphatic heterocycles. The van der Waals surface area contributed by atoms with E-state index in [1.165, 1.54) is 0 Å². The van der Waals surface area contributed by atoms with Gasteiger partial charge in [0.2, 0.25) is 0 Å². The first-order chi connectivity index (χ1) is 7.68. The van der Waals surface area contributed by atoms with E-state index in [-0.39, 0.29) is 0 Å². The van der Waals surface area contributed by atoms with E-state index < -0.39 is 0 Å². The topological polar surface area (TPSA) is 35.2 Å². The molecule has 4 heteroatoms. The van der Waals surface area contributed by atoms with E-state index in [1.807, 2.05) is 30.3 Å². The van der Waals surface area contributed by atoms with Gasteiger partial charge in [-0.05, 0) is 40.2 Å². The van der Waals surface area contributed by atoms with Gasteiger partial charge in [-0.3, -0.25) is 0 Å². The minimum atomic E-state index is 0.497. The molecule has 0 spiro atoms. The molecule has 2 aromatic rings. The minimum absolute atomic E-state index is 0.497. The first-order valence-electron chi connectivity index (χ1n) is 4.65. The molecule has 0 radical (unpaired) electrons. The Bertz CT molecular complexity index is 502. The maximum atomic E-state index is 5.91. The van der Waals surface area contributed by atoms with Crippen LogP contribution in [0.3, 0.4) is 0 Å². The second-order valence-corrected chi connectivity index (χ2v) is 4.39. The summed E-state index contributed by atoms with van der Waals surface area (Å²) in [6.45, 7) is 0. The van der Waals surface area contributed by atoms with Crippen LogP contribution in [0.15, 0.2) is 46.9 Å². The number of ether oxygens (including phenoxy) is 1. The molecule has 2 N–H and O–H groups in total. The Balaban J connectivity index is 2.33. The van der Waals surface area contributed by atoms with Crippen LogP contribution in [-0.2, 0) is 0 Å². The Kier molecular flexibility index (Phi) is 3.36. The number of nitrogen functional groups attached to an aromatic ring is 1. The van der Waals surface area contributed by atoms with Gasteiger partial charge in [0.15, 0.2) is 5.75 Å². The summed E-state index contributed by atoms with van der Waals surface area (Å²) in [5.41, 5.74) is 6.37. The summed E-state index contributed by atoms with van der Waals surface area (Å²) in [4.78, 5) is 0. The smallest absolute Gasteiger partial charge is 0.151 e. The fraction of sp³-hybridized carbons (Fsp3) is 0. The molecular weight excluding hydrogens is 289 g/mol. The number of para-hydroxylation sites is 1. The zero-order valence-corrected chi connectivity index (χ0v) is 10.6. The molecule has 0 aromatic heterocycles. The van der Waals surface area contributed by atoms with E-state index in [2.05, 4.69) is 15.9 Å². The fourth-order valence-corrected chi connectivity index (χ4v) is 1.75. The van der Waals surface area contributed by atoms with Crippen molar-refractivity contribution >= 4 is 33.2 Å². The molecule has 0 fully saturated rings. The highest BCUT2D eigenvalue weighted by atomic mass is 79.9. The van der Waals surface area contributed by atoms with Crippen LogP contribution in [0.2, 0.25) is 5.02 Å². The van der Waals surface area contributed by atoms with Gasteiger partial charge in [-0.25, -0.2) is 0 Å². The maximum Gasteiger partial charge on any atom is 0.151 e. The molecule has 0 aliphatic carbocycles. The highest BCUT2D eigenvalue weighted by Crippen LogP contribution is 2.37. The standard InChI is InChI=1S/C12H9BrClNO/c13-11-9(14)6-7-10(12(11)15)16-8-4-2-1-3-5-8/h1-7H,15H2. The Morgan fingerprint density at radius 1 is 1.06 bits per heavy atom. The van der Waals surface area contributed by atoms with Crippen molar-refractivity contribution in [3.05, 3.63) is 52.0 Å². The summed E-state index contributed by atoms with van der Waals surface area (Å²) in [5.74, 6) is 1.32. The third kappa shape index (κ3) is 2.31. The second kappa shape index (κ2) is 4.76. The van der Waals surface area contributed by atoms with Crippen molar-refractivity contribution in [3.63, 3.8) is 0 Å². The lowest BCUT2D eigenvalue weighted by molar-refractivity contribution is 0.485. The van der Waals surface area contributed by atoms with Crippen LogP contribution in [0, 0.1) is 0 Å². The van der Waals surface area contributed by atoms with Gasteiger partial charge >= 0.3 is 0 Å². The molecular formula is C12H9BrClNO. The van der Waals surface area contributed by atoms with Crippen LogP contribution in [0.4, 0.5) is 5.69 Å². The van der Waals surface area contributed by atoms with E-state index in [0.717, 1.165) is 5.75 Å². The van der Waals surface area contributed by atoms with Crippen molar-refractivity contribution < 1.29 is 4.74 Å². The number of hydrogen-bond acceptors (Lipinski definition) is 2. The number of rotatable bonds is 2. The monoisotopic (exact) mass is 297 g/mol. The van der Waals surface area contributed by atoms with Crippen molar-refractivity contribution in [1.29, 1.82) is 0 Å². The molecule has 16 heavy (non-hydrogen) atoms. The van der Waals surface area contributed by atoms with E-state index in [9.17, 15) is 0 Å². The SMILES string of the molecule is Nc1c(Oc2ccccc2)ccc(Cl)c1Br. The highest BCUT2D eigenvalue weighted by Gasteiger charge is 2.08. The third-order valence-corrected chi connectivity index (χ3v) is 3.46. The van der Waals surface area contributed by atoms with E-state index in [0.29, 0.717) is 20.9 Å². The van der Waals surface area contributed by atoms with Gasteiger partial charge in [0.05, 0.1) is 15.2 Å². The molecule has 82 valence electrons. The van der Waals surface area contributed by atoms with Gasteiger partial charge in [0, 0.05) is 0 Å². The van der Waals surface area contributed by atoms with Crippen LogP contribution in [-0.4, -0.2) is 0 Å². The zero-order chi connectivity index (χ0) is 11.5. The molecule has 2 aromatic carbocycles. The average Bonchev–Trinajstić information content (AvgIpc) is 2.31.